The Morgan fingerprint density at radius 2 is 1.89 bits per heavy atom. The van der Waals surface area contributed by atoms with E-state index in [1.807, 2.05) is 42.6 Å². The average Bonchev–Trinajstić information content (AvgIpc) is 3.20. The first-order valence-electron chi connectivity index (χ1n) is 8.73. The van der Waals surface area contributed by atoms with Gasteiger partial charge in [-0.15, -0.1) is 0 Å². The third kappa shape index (κ3) is 3.99. The second-order valence-corrected chi connectivity index (χ2v) is 6.12. The molecule has 4 aromatic rings. The number of aromatic nitrogens is 2. The number of aryl methyl sites for hydroxylation is 1. The molecule has 0 bridgehead atoms. The zero-order chi connectivity index (χ0) is 18.5. The molecule has 0 saturated carbocycles. The topological polar surface area (TPSA) is 48.2 Å². The molecule has 4 nitrogen and oxygen atoms in total. The lowest BCUT2D eigenvalue weighted by Gasteiger charge is -2.00. The third-order valence-corrected chi connectivity index (χ3v) is 4.30. The van der Waals surface area contributed by atoms with Crippen molar-refractivity contribution in [1.82, 2.24) is 9.97 Å². The molecule has 0 aliphatic rings. The fraction of sp³-hybridized carbons (Fsp3) is 0.130. The Kier molecular flexibility index (Phi) is 4.84. The minimum Gasteiger partial charge on any atom is -0.497 e. The van der Waals surface area contributed by atoms with Crippen LogP contribution < -0.4 is 4.74 Å². The molecule has 132 valence electrons. The molecule has 4 heteroatoms. The number of pyridine rings is 1. The van der Waals surface area contributed by atoms with Crippen LogP contribution in [0.4, 0.5) is 0 Å². The summed E-state index contributed by atoms with van der Waals surface area (Å²) in [7, 11) is 1.67. The molecule has 2 aromatic carbocycles. The summed E-state index contributed by atoms with van der Waals surface area (Å²) in [5.74, 6) is 8.22. The van der Waals surface area contributed by atoms with Gasteiger partial charge in [0.05, 0.1) is 13.3 Å². The Labute approximate surface area is 157 Å². The molecule has 0 radical (unpaired) electrons. The Morgan fingerprint density at radius 1 is 1.00 bits per heavy atom. The molecule has 0 N–H and O–H groups in total. The number of benzene rings is 2. The molecule has 0 atom stereocenters. The van der Waals surface area contributed by atoms with E-state index in [9.17, 15) is 0 Å². The first-order valence-corrected chi connectivity index (χ1v) is 8.73. The summed E-state index contributed by atoms with van der Waals surface area (Å²) in [4.78, 5) is 8.48. The zero-order valence-electron chi connectivity index (χ0n) is 15.0. The van der Waals surface area contributed by atoms with Crippen LogP contribution in [0.25, 0.3) is 22.2 Å². The van der Waals surface area contributed by atoms with E-state index in [0.717, 1.165) is 34.9 Å². The van der Waals surface area contributed by atoms with Crippen molar-refractivity contribution >= 4 is 10.8 Å². The minimum atomic E-state index is 0.577. The fourth-order valence-electron chi connectivity index (χ4n) is 2.83. The molecular formula is C23H18N2O2. The largest absolute Gasteiger partial charge is 0.497 e. The molecule has 0 aliphatic heterocycles. The first-order chi connectivity index (χ1) is 13.3. The van der Waals surface area contributed by atoms with Gasteiger partial charge in [0, 0.05) is 29.8 Å². The smallest absolute Gasteiger partial charge is 0.227 e. The van der Waals surface area contributed by atoms with E-state index in [2.05, 4.69) is 33.9 Å². The van der Waals surface area contributed by atoms with Crippen molar-refractivity contribution in [2.75, 3.05) is 7.11 Å². The Morgan fingerprint density at radius 3 is 2.74 bits per heavy atom. The standard InChI is InChI=1S/C23H18N2O2/c1-26-21-10-6-17(7-11-21)4-2-3-5-22-16-25-23(27-22)19-8-9-20-15-24-13-12-18(20)14-19/h6-16H,2,4H2,1H3. The van der Waals surface area contributed by atoms with Gasteiger partial charge < -0.3 is 9.15 Å². The summed E-state index contributed by atoms with van der Waals surface area (Å²) in [5.41, 5.74) is 2.16. The highest BCUT2D eigenvalue weighted by Gasteiger charge is 2.06. The summed E-state index contributed by atoms with van der Waals surface area (Å²) in [6, 6.07) is 16.1. The number of rotatable bonds is 4. The Bertz CT molecular complexity index is 1120. The summed E-state index contributed by atoms with van der Waals surface area (Å²) in [6.07, 6.45) is 6.93. The van der Waals surface area contributed by atoms with E-state index in [1.54, 1.807) is 19.5 Å². The highest BCUT2D eigenvalue weighted by molar-refractivity contribution is 5.85. The second-order valence-electron chi connectivity index (χ2n) is 6.12. The van der Waals surface area contributed by atoms with Crippen LogP contribution in [0, 0.1) is 11.8 Å². The minimum absolute atomic E-state index is 0.577. The van der Waals surface area contributed by atoms with Gasteiger partial charge in [-0.25, -0.2) is 4.98 Å². The molecule has 0 unspecified atom stereocenters. The van der Waals surface area contributed by atoms with E-state index >= 15 is 0 Å². The predicted molar refractivity (Wildman–Crippen MR) is 105 cm³/mol. The van der Waals surface area contributed by atoms with E-state index < -0.39 is 0 Å². The van der Waals surface area contributed by atoms with Crippen LogP contribution in [-0.4, -0.2) is 17.1 Å². The number of hydrogen-bond donors (Lipinski definition) is 0. The average molecular weight is 354 g/mol. The predicted octanol–water partition coefficient (Wildman–Crippen LogP) is 4.88. The number of hydrogen-bond acceptors (Lipinski definition) is 4. The highest BCUT2D eigenvalue weighted by atomic mass is 16.5. The maximum Gasteiger partial charge on any atom is 0.227 e. The summed E-state index contributed by atoms with van der Waals surface area (Å²) in [5, 5.41) is 2.19. The molecule has 0 amide bonds. The number of nitrogens with zero attached hydrogens (tertiary/aromatic N) is 2. The van der Waals surface area contributed by atoms with Gasteiger partial charge in [0.15, 0.2) is 5.76 Å². The van der Waals surface area contributed by atoms with Crippen LogP contribution in [0.2, 0.25) is 0 Å². The van der Waals surface area contributed by atoms with Gasteiger partial charge in [0.2, 0.25) is 5.89 Å². The molecule has 27 heavy (non-hydrogen) atoms. The Balaban J connectivity index is 1.42. The van der Waals surface area contributed by atoms with E-state index in [0.29, 0.717) is 11.7 Å². The SMILES string of the molecule is COc1ccc(CCC#Cc2cnc(-c3ccc4cnccc4c3)o2)cc1. The molecular weight excluding hydrogens is 336 g/mol. The monoisotopic (exact) mass is 354 g/mol. The summed E-state index contributed by atoms with van der Waals surface area (Å²) >= 11 is 0. The van der Waals surface area contributed by atoms with Crippen molar-refractivity contribution in [2.45, 2.75) is 12.8 Å². The van der Waals surface area contributed by atoms with Gasteiger partial charge in [-0.2, -0.15) is 0 Å². The Hall–Kier alpha value is -3.58. The molecule has 0 fully saturated rings. The van der Waals surface area contributed by atoms with Gasteiger partial charge in [0.1, 0.15) is 5.75 Å². The first kappa shape index (κ1) is 16.9. The normalized spacial score (nSPS) is 10.4. The van der Waals surface area contributed by atoms with Crippen molar-refractivity contribution in [1.29, 1.82) is 0 Å². The van der Waals surface area contributed by atoms with Gasteiger partial charge in [-0.05, 0) is 53.6 Å². The van der Waals surface area contributed by atoms with Gasteiger partial charge in [-0.3, -0.25) is 4.98 Å². The van der Waals surface area contributed by atoms with Gasteiger partial charge in [-0.1, -0.05) is 24.1 Å². The van der Waals surface area contributed by atoms with Gasteiger partial charge in [0.25, 0.3) is 0 Å². The van der Waals surface area contributed by atoms with E-state index in [1.165, 1.54) is 5.56 Å². The molecule has 2 aromatic heterocycles. The lowest BCUT2D eigenvalue weighted by atomic mass is 10.1. The summed E-state index contributed by atoms with van der Waals surface area (Å²) in [6.45, 7) is 0. The maximum atomic E-state index is 5.78. The highest BCUT2D eigenvalue weighted by Crippen LogP contribution is 2.23. The third-order valence-electron chi connectivity index (χ3n) is 4.30. The molecule has 2 heterocycles. The van der Waals surface area contributed by atoms with Crippen LogP contribution in [0.3, 0.4) is 0 Å². The number of oxazole rings is 1. The number of methoxy groups -OCH3 is 1. The lowest BCUT2D eigenvalue weighted by Crippen LogP contribution is -1.85. The fourth-order valence-corrected chi connectivity index (χ4v) is 2.83. The number of ether oxygens (including phenoxy) is 1. The second kappa shape index (κ2) is 7.76. The van der Waals surface area contributed by atoms with Crippen LogP contribution in [0.1, 0.15) is 17.7 Å². The van der Waals surface area contributed by atoms with Crippen LogP contribution in [-0.2, 0) is 6.42 Å². The van der Waals surface area contributed by atoms with Crippen LogP contribution in [0.15, 0.2) is 71.5 Å². The van der Waals surface area contributed by atoms with E-state index in [-0.39, 0.29) is 0 Å². The lowest BCUT2D eigenvalue weighted by molar-refractivity contribution is 0.414. The van der Waals surface area contributed by atoms with Crippen molar-refractivity contribution in [3.63, 3.8) is 0 Å². The quantitative estimate of drug-likeness (QED) is 0.490. The zero-order valence-corrected chi connectivity index (χ0v) is 15.0. The van der Waals surface area contributed by atoms with Crippen molar-refractivity contribution < 1.29 is 9.15 Å². The van der Waals surface area contributed by atoms with E-state index in [4.69, 9.17) is 9.15 Å². The van der Waals surface area contributed by atoms with Crippen LogP contribution in [0.5, 0.6) is 5.75 Å². The van der Waals surface area contributed by atoms with Crippen LogP contribution >= 0.6 is 0 Å². The molecule has 0 saturated heterocycles. The van der Waals surface area contributed by atoms with Crippen molar-refractivity contribution in [2.24, 2.45) is 0 Å². The summed E-state index contributed by atoms with van der Waals surface area (Å²) < 4.78 is 10.9. The number of fused-ring (bicyclic) bond motifs is 1. The van der Waals surface area contributed by atoms with Crippen molar-refractivity contribution in [3.8, 4) is 29.0 Å². The maximum absolute atomic E-state index is 5.78. The molecule has 0 aliphatic carbocycles. The molecule has 4 rings (SSSR count). The van der Waals surface area contributed by atoms with Crippen molar-refractivity contribution in [3.05, 3.63) is 78.4 Å². The van der Waals surface area contributed by atoms with Gasteiger partial charge >= 0.3 is 0 Å². The molecule has 0 spiro atoms.